The third kappa shape index (κ3) is 6.55. The Labute approximate surface area is 296 Å². The number of allylic oxidation sites excluding steroid dienone is 2. The van der Waals surface area contributed by atoms with E-state index in [1.807, 2.05) is 17.5 Å². The summed E-state index contributed by atoms with van der Waals surface area (Å²) >= 11 is 1.94. The number of rotatable bonds is 2. The van der Waals surface area contributed by atoms with Crippen LogP contribution in [-0.2, 0) is 41.1 Å². The van der Waals surface area contributed by atoms with Gasteiger partial charge in [-0.2, -0.15) is 0 Å². The molecule has 6 aromatic rings. The van der Waals surface area contributed by atoms with Gasteiger partial charge in [0.25, 0.3) is 0 Å². The average Bonchev–Trinajstić information content (AvgIpc) is 3.35. The molecule has 1 aliphatic carbocycles. The zero-order valence-corrected chi connectivity index (χ0v) is 32.1. The van der Waals surface area contributed by atoms with E-state index in [1.54, 1.807) is 0 Å². The van der Waals surface area contributed by atoms with Crippen LogP contribution in [0.15, 0.2) is 78.7 Å². The number of benzene rings is 4. The van der Waals surface area contributed by atoms with Crippen molar-refractivity contribution in [2.75, 3.05) is 0 Å². The molecule has 7 rings (SSSR count). The van der Waals surface area contributed by atoms with Gasteiger partial charge in [0.05, 0.1) is 5.76 Å². The van der Waals surface area contributed by atoms with E-state index in [2.05, 4.69) is 115 Å². The van der Waals surface area contributed by atoms with Crippen LogP contribution in [0.1, 0.15) is 91.8 Å². The number of pyridine rings is 1. The van der Waals surface area contributed by atoms with Gasteiger partial charge in [-0.1, -0.05) is 89.7 Å². The molecular formula is C42H44IrNO2S-. The van der Waals surface area contributed by atoms with E-state index in [0.29, 0.717) is 0 Å². The van der Waals surface area contributed by atoms with Gasteiger partial charge < -0.3 is 5.11 Å². The van der Waals surface area contributed by atoms with Crippen LogP contribution in [0, 0.1) is 6.07 Å². The molecule has 0 fully saturated rings. The molecular weight excluding hydrogens is 775 g/mol. The minimum atomic E-state index is -0.125. The first-order valence-corrected chi connectivity index (χ1v) is 17.0. The molecule has 1 aliphatic rings. The fraction of sp³-hybridized carbons (Fsp3) is 0.333. The maximum atomic E-state index is 10.0. The molecule has 0 unspecified atom stereocenters. The van der Waals surface area contributed by atoms with Crippen LogP contribution in [0.3, 0.4) is 0 Å². The van der Waals surface area contributed by atoms with Crippen LogP contribution < -0.4 is 0 Å². The molecule has 0 amide bonds. The smallest absolute Gasteiger partial charge is 0.155 e. The molecule has 0 atom stereocenters. The SMILES string of the molecule is CC(=O)/C=C(/C)O.CC(C)(C)c1cc(-c2nccc3c2ccc2c4cc5c(cc4sc32)C(C)(C)CCC5(C)C)[c-]c2ccccc12.[Ir]. The standard InChI is InChI=1S/C37H36NS.C5H8O2.Ir/c1-35(2,3)29-19-23(18-22-10-8-9-11-24(22)29)33-25-12-13-26-28-20-30-31(37(6,7)16-15-36(30,4)5)21-32(28)39-34(26)27(25)14-17-38-33;1-4(6)3-5(2)7;/h8-14,17,19-21H,15-16H2,1-7H3;3,6H,1-2H3;/q-1;;/b;4-3-;. The Hall–Kier alpha value is -3.37. The van der Waals surface area contributed by atoms with Crippen molar-refractivity contribution in [3.8, 4) is 11.3 Å². The first-order chi connectivity index (χ1) is 21.6. The van der Waals surface area contributed by atoms with Crippen molar-refractivity contribution in [3.63, 3.8) is 0 Å². The zero-order chi connectivity index (χ0) is 33.2. The van der Waals surface area contributed by atoms with Gasteiger partial charge >= 0.3 is 0 Å². The second-order valence-electron chi connectivity index (χ2n) is 15.2. The number of ketones is 1. The van der Waals surface area contributed by atoms with Crippen LogP contribution in [0.4, 0.5) is 0 Å². The quantitative estimate of drug-likeness (QED) is 0.108. The Bertz CT molecular complexity index is 2190. The number of fused-ring (bicyclic) bond motifs is 7. The summed E-state index contributed by atoms with van der Waals surface area (Å²) in [6.07, 6.45) is 5.62. The van der Waals surface area contributed by atoms with E-state index in [0.717, 1.165) is 16.6 Å². The Morgan fingerprint density at radius 2 is 1.47 bits per heavy atom. The maximum Gasteiger partial charge on any atom is 0.155 e. The van der Waals surface area contributed by atoms with Crippen molar-refractivity contribution in [2.45, 2.75) is 91.4 Å². The number of thiophene rings is 1. The molecule has 0 saturated carbocycles. The molecule has 0 saturated heterocycles. The molecule has 245 valence electrons. The minimum Gasteiger partial charge on any atom is -0.512 e. The first kappa shape index (κ1) is 34.9. The summed E-state index contributed by atoms with van der Waals surface area (Å²) in [7, 11) is 0. The van der Waals surface area contributed by atoms with E-state index in [9.17, 15) is 4.79 Å². The number of aromatic nitrogens is 1. The molecule has 47 heavy (non-hydrogen) atoms. The maximum absolute atomic E-state index is 10.0. The number of aliphatic hydroxyl groups is 1. The van der Waals surface area contributed by atoms with Gasteiger partial charge in [-0.15, -0.1) is 40.5 Å². The summed E-state index contributed by atoms with van der Waals surface area (Å²) in [4.78, 5) is 15.0. The van der Waals surface area contributed by atoms with Crippen molar-refractivity contribution in [1.29, 1.82) is 0 Å². The van der Waals surface area contributed by atoms with Gasteiger partial charge in [-0.3, -0.25) is 9.78 Å². The van der Waals surface area contributed by atoms with Crippen LogP contribution in [0.2, 0.25) is 0 Å². The summed E-state index contributed by atoms with van der Waals surface area (Å²) in [5.74, 6) is -0.0625. The number of hydrogen-bond donors (Lipinski definition) is 1. The fourth-order valence-corrected chi connectivity index (χ4v) is 8.29. The number of carbonyl (C=O) groups excluding carboxylic acids is 1. The van der Waals surface area contributed by atoms with E-state index in [4.69, 9.17) is 10.1 Å². The van der Waals surface area contributed by atoms with Crippen LogP contribution in [0.5, 0.6) is 0 Å². The molecule has 1 radical (unpaired) electrons. The Morgan fingerprint density at radius 3 is 2.09 bits per heavy atom. The largest absolute Gasteiger partial charge is 0.512 e. The number of aliphatic hydroxyl groups excluding tert-OH is 1. The van der Waals surface area contributed by atoms with E-state index < -0.39 is 0 Å². The van der Waals surface area contributed by atoms with E-state index >= 15 is 0 Å². The molecule has 2 heterocycles. The molecule has 0 bridgehead atoms. The molecule has 3 nitrogen and oxygen atoms in total. The Kier molecular flexibility index (Phi) is 9.36. The summed E-state index contributed by atoms with van der Waals surface area (Å²) < 4.78 is 2.76. The molecule has 1 N–H and O–H groups in total. The Morgan fingerprint density at radius 1 is 0.851 bits per heavy atom. The molecule has 5 heteroatoms. The molecule has 2 aromatic heterocycles. The van der Waals surface area contributed by atoms with Gasteiger partial charge in [0.2, 0.25) is 0 Å². The van der Waals surface area contributed by atoms with Crippen LogP contribution in [-0.4, -0.2) is 15.9 Å². The normalized spacial score (nSPS) is 15.6. The summed E-state index contributed by atoms with van der Waals surface area (Å²) in [5, 5.41) is 16.0. The van der Waals surface area contributed by atoms with Gasteiger partial charge in [-0.05, 0) is 83.0 Å². The van der Waals surface area contributed by atoms with E-state index in [1.165, 1.54) is 85.8 Å². The molecule has 0 aliphatic heterocycles. The second-order valence-corrected chi connectivity index (χ2v) is 16.3. The number of hydrogen-bond acceptors (Lipinski definition) is 4. The van der Waals surface area contributed by atoms with Crippen molar-refractivity contribution >= 4 is 58.8 Å². The number of nitrogens with zero attached hydrogens (tertiary/aromatic N) is 1. The van der Waals surface area contributed by atoms with Gasteiger partial charge in [-0.25, -0.2) is 0 Å². The third-order valence-corrected chi connectivity index (χ3v) is 10.8. The van der Waals surface area contributed by atoms with Crippen molar-refractivity contribution in [1.82, 2.24) is 4.98 Å². The third-order valence-electron chi connectivity index (χ3n) is 9.60. The summed E-state index contributed by atoms with van der Waals surface area (Å²) in [6.45, 7) is 19.4. The van der Waals surface area contributed by atoms with Crippen molar-refractivity contribution in [2.24, 2.45) is 0 Å². The van der Waals surface area contributed by atoms with Crippen LogP contribution >= 0.6 is 11.3 Å². The van der Waals surface area contributed by atoms with Crippen molar-refractivity contribution in [3.05, 3.63) is 101 Å². The van der Waals surface area contributed by atoms with Gasteiger partial charge in [0.1, 0.15) is 0 Å². The second kappa shape index (κ2) is 12.6. The monoisotopic (exact) mass is 819 g/mol. The van der Waals surface area contributed by atoms with E-state index in [-0.39, 0.29) is 47.9 Å². The summed E-state index contributed by atoms with van der Waals surface area (Å²) in [6, 6.07) is 26.5. The summed E-state index contributed by atoms with van der Waals surface area (Å²) in [5.41, 5.74) is 6.93. The topological polar surface area (TPSA) is 50.2 Å². The first-order valence-electron chi connectivity index (χ1n) is 16.2. The van der Waals surface area contributed by atoms with Crippen LogP contribution in [0.25, 0.3) is 53.0 Å². The van der Waals surface area contributed by atoms with Gasteiger partial charge in [0.15, 0.2) is 5.78 Å². The molecule has 4 aromatic carbocycles. The zero-order valence-electron chi connectivity index (χ0n) is 28.9. The fourth-order valence-electron chi connectivity index (χ4n) is 7.04. The van der Waals surface area contributed by atoms with Gasteiger partial charge in [0, 0.05) is 58.2 Å². The Balaban J connectivity index is 0.000000491. The minimum absolute atomic E-state index is 0. The predicted octanol–water partition coefficient (Wildman–Crippen LogP) is 11.9. The molecule has 0 spiro atoms. The van der Waals surface area contributed by atoms with Crippen molar-refractivity contribution < 1.29 is 30.0 Å². The average molecular weight is 819 g/mol. The number of carbonyl (C=O) groups is 1. The predicted molar refractivity (Wildman–Crippen MR) is 197 cm³/mol.